The number of unbranched alkanes of at least 4 members (excludes halogenated alkanes) is 3. The second-order valence-corrected chi connectivity index (χ2v) is 21.0. The highest BCUT2D eigenvalue weighted by Crippen LogP contribution is 2.58. The lowest BCUT2D eigenvalue weighted by Crippen LogP contribution is -2.37. The first-order valence-corrected chi connectivity index (χ1v) is 26.2. The second-order valence-electron chi connectivity index (χ2n) is 19.8. The van der Waals surface area contributed by atoms with Gasteiger partial charge >= 0.3 is 0 Å². The lowest BCUT2D eigenvalue weighted by Gasteiger charge is -2.39. The van der Waals surface area contributed by atoms with Crippen LogP contribution in [0.4, 0.5) is 39.8 Å². The molecule has 1 aliphatic carbocycles. The van der Waals surface area contributed by atoms with E-state index in [1.165, 1.54) is 5.56 Å². The molecule has 0 amide bonds. The number of fused-ring (bicyclic) bond motifs is 2. The smallest absolute Gasteiger partial charge is 0.196 e. The summed E-state index contributed by atoms with van der Waals surface area (Å²) in [6.07, 6.45) is 7.81. The van der Waals surface area contributed by atoms with Crippen molar-refractivity contribution < 1.29 is 19.7 Å². The second kappa shape index (κ2) is 20.5. The number of aliphatic hydroxyl groups is 2. The topological polar surface area (TPSA) is 62.2 Å². The predicted molar refractivity (Wildman–Crippen MR) is 302 cm³/mol. The molecule has 360 valence electrons. The van der Waals surface area contributed by atoms with Crippen molar-refractivity contribution in [3.05, 3.63) is 197 Å². The van der Waals surface area contributed by atoms with Gasteiger partial charge in [0.1, 0.15) is 28.5 Å². The van der Waals surface area contributed by atoms with Crippen LogP contribution in [0.25, 0.3) is 22.3 Å². The molecular formula is C63H64IN3O4+2. The highest BCUT2D eigenvalue weighted by Gasteiger charge is 2.44. The van der Waals surface area contributed by atoms with Crippen LogP contribution in [0, 0.1) is 3.57 Å². The van der Waals surface area contributed by atoms with Gasteiger partial charge in [-0.2, -0.15) is 4.48 Å². The number of hydrogen-bond acceptors (Lipinski definition) is 5. The molecule has 0 aromatic heterocycles. The Hall–Kier alpha value is -6.27. The van der Waals surface area contributed by atoms with Crippen molar-refractivity contribution in [3.63, 3.8) is 0 Å². The molecule has 0 saturated heterocycles. The number of ether oxygens (including phenoxy) is 2. The van der Waals surface area contributed by atoms with Crippen LogP contribution in [0.5, 0.6) is 23.0 Å². The first-order chi connectivity index (χ1) is 34.5. The summed E-state index contributed by atoms with van der Waals surface area (Å²) < 4.78 is 15.7. The minimum atomic E-state index is -1.05. The summed E-state index contributed by atoms with van der Waals surface area (Å²) in [5, 5.41) is 22.8. The normalized spacial score (nSPS) is 14.6. The molecule has 8 aromatic rings. The van der Waals surface area contributed by atoms with Gasteiger partial charge in [0.05, 0.1) is 29.0 Å². The summed E-state index contributed by atoms with van der Waals surface area (Å²) in [5.74, 6) is 3.29. The molecule has 1 heterocycles. The van der Waals surface area contributed by atoms with Gasteiger partial charge in [-0.25, -0.2) is 0 Å². The third-order valence-corrected chi connectivity index (χ3v) is 15.7. The summed E-state index contributed by atoms with van der Waals surface area (Å²) in [7, 11) is 8.53. The average Bonchev–Trinajstić information content (AvgIpc) is 3.85. The lowest BCUT2D eigenvalue weighted by molar-refractivity contribution is 0.0450. The number of anilines is 1. The minimum absolute atomic E-state index is 0.202. The van der Waals surface area contributed by atoms with Crippen LogP contribution in [-0.4, -0.2) is 45.0 Å². The van der Waals surface area contributed by atoms with E-state index >= 15 is 0 Å². The van der Waals surface area contributed by atoms with E-state index in [4.69, 9.17) is 9.47 Å². The van der Waals surface area contributed by atoms with Gasteiger partial charge in [-0.15, -0.1) is 0 Å². The SMILES string of the molecule is CN(C)c1ccccc1Oc1c(I)cccc1-c1ccc([N+](c2ccccc2)(c2ccccc2)c2ccc(-c3cccc4c3Oc3ccccc3[N+]4(C)C)c(C3(O)CCCC3)c2)cc1CCCCCCO. The maximum atomic E-state index is 13.1. The van der Waals surface area contributed by atoms with E-state index in [1.54, 1.807) is 0 Å². The Morgan fingerprint density at radius 1 is 0.606 bits per heavy atom. The Balaban J connectivity index is 1.21. The largest absolute Gasteiger partial charge is 0.453 e. The standard InChI is InChI=1S/C63H64IN3O4/c1-65(2)56-31-14-16-34-59(56)70-61-52(28-21-30-55(61)64)50-38-36-48(43-45(50)23-9-5-6-20-42-68)67(46-24-10-7-11-25-46,47-26-12-8-13-27-47)49-37-39-51(54(44-49)63(69)40-18-19-41-63)53-29-22-33-58-62(53)71-60-35-17-15-32-57(60)66(58,3)4/h7-8,10-17,21-22,24-39,43-44,68-69H,5-6,9,18-20,23,40-42H2,1-4H3/q+2. The number of hydrogen-bond donors (Lipinski definition) is 2. The summed E-state index contributed by atoms with van der Waals surface area (Å²) in [4.78, 5) is 2.09. The van der Waals surface area contributed by atoms with Crippen molar-refractivity contribution in [1.29, 1.82) is 0 Å². The van der Waals surface area contributed by atoms with E-state index in [-0.39, 0.29) is 11.1 Å². The minimum Gasteiger partial charge on any atom is -0.453 e. The fraction of sp³-hybridized carbons (Fsp3) is 0.238. The van der Waals surface area contributed by atoms with E-state index < -0.39 is 5.60 Å². The number of benzene rings is 8. The van der Waals surface area contributed by atoms with E-state index in [0.29, 0.717) is 17.3 Å². The molecule has 0 bridgehead atoms. The van der Waals surface area contributed by atoms with E-state index in [2.05, 4.69) is 199 Å². The van der Waals surface area contributed by atoms with E-state index in [0.717, 1.165) is 139 Å². The van der Waals surface area contributed by atoms with Crippen LogP contribution >= 0.6 is 22.6 Å². The van der Waals surface area contributed by atoms with E-state index in [1.807, 2.05) is 38.4 Å². The van der Waals surface area contributed by atoms with E-state index in [9.17, 15) is 10.2 Å². The molecule has 0 radical (unpaired) electrons. The molecule has 1 saturated carbocycles. The quantitative estimate of drug-likeness (QED) is 0.0574. The zero-order valence-corrected chi connectivity index (χ0v) is 43.5. The van der Waals surface area contributed by atoms with Crippen LogP contribution in [0.3, 0.4) is 0 Å². The third-order valence-electron chi connectivity index (χ3n) is 14.8. The summed E-state index contributed by atoms with van der Waals surface area (Å²) in [6.45, 7) is 0.202. The molecule has 71 heavy (non-hydrogen) atoms. The van der Waals surface area contributed by atoms with Crippen LogP contribution in [0.2, 0.25) is 0 Å². The molecule has 2 N–H and O–H groups in total. The van der Waals surface area contributed by atoms with Gasteiger partial charge in [-0.1, -0.05) is 111 Å². The zero-order chi connectivity index (χ0) is 49.2. The summed E-state index contributed by atoms with van der Waals surface area (Å²) in [5.41, 5.74) is 12.6. The lowest BCUT2D eigenvalue weighted by atomic mass is 9.84. The van der Waals surface area contributed by atoms with Crippen molar-refractivity contribution in [3.8, 4) is 45.3 Å². The molecule has 8 aromatic carbocycles. The van der Waals surface area contributed by atoms with Gasteiger partial charge in [0.2, 0.25) is 0 Å². The molecule has 1 aliphatic heterocycles. The number of para-hydroxylation sites is 8. The van der Waals surface area contributed by atoms with Crippen molar-refractivity contribution in [2.45, 2.75) is 63.4 Å². The monoisotopic (exact) mass is 1050 g/mol. The van der Waals surface area contributed by atoms with Gasteiger partial charge < -0.3 is 24.6 Å². The van der Waals surface area contributed by atoms with Gasteiger partial charge in [0.25, 0.3) is 0 Å². The Bertz CT molecular complexity index is 3130. The van der Waals surface area contributed by atoms with Gasteiger partial charge in [-0.3, -0.25) is 4.48 Å². The molecule has 0 atom stereocenters. The van der Waals surface area contributed by atoms with Crippen molar-refractivity contribution in [2.24, 2.45) is 0 Å². The van der Waals surface area contributed by atoms with Crippen molar-refractivity contribution >= 4 is 62.4 Å². The molecular weight excluding hydrogens is 990 g/mol. The number of aryl methyl sites for hydroxylation is 1. The van der Waals surface area contributed by atoms with Crippen molar-refractivity contribution in [1.82, 2.24) is 8.97 Å². The third kappa shape index (κ3) is 9.06. The van der Waals surface area contributed by atoms with Crippen LogP contribution in [-0.2, 0) is 12.0 Å². The Kier molecular flexibility index (Phi) is 13.9. The Labute approximate surface area is 433 Å². The molecule has 0 spiro atoms. The summed E-state index contributed by atoms with van der Waals surface area (Å²) >= 11 is 2.41. The maximum absolute atomic E-state index is 13.1. The number of aliphatic hydroxyl groups excluding tert-OH is 1. The number of quaternary nitrogens is 2. The maximum Gasteiger partial charge on any atom is 0.196 e. The molecule has 8 heteroatoms. The van der Waals surface area contributed by atoms with Crippen molar-refractivity contribution in [2.75, 3.05) is 39.7 Å². The highest BCUT2D eigenvalue weighted by atomic mass is 127. The van der Waals surface area contributed by atoms with Gasteiger partial charge in [0, 0.05) is 92.5 Å². The highest BCUT2D eigenvalue weighted by molar-refractivity contribution is 14.1. The van der Waals surface area contributed by atoms with Gasteiger partial charge in [0.15, 0.2) is 28.6 Å². The zero-order valence-electron chi connectivity index (χ0n) is 41.3. The number of nitrogens with zero attached hydrogens (tertiary/aromatic N) is 3. The average molecular weight is 1050 g/mol. The Morgan fingerprint density at radius 2 is 1.21 bits per heavy atom. The van der Waals surface area contributed by atoms with Crippen LogP contribution in [0.1, 0.15) is 62.5 Å². The van der Waals surface area contributed by atoms with Crippen LogP contribution in [0.15, 0.2) is 182 Å². The van der Waals surface area contributed by atoms with Crippen LogP contribution < -0.4 is 23.3 Å². The number of halogens is 1. The molecule has 2 aliphatic rings. The predicted octanol–water partition coefficient (Wildman–Crippen LogP) is 16.6. The first-order valence-electron chi connectivity index (χ1n) is 25.2. The fourth-order valence-corrected chi connectivity index (χ4v) is 11.8. The molecule has 1 fully saturated rings. The molecule has 10 rings (SSSR count). The first kappa shape index (κ1) is 48.4. The number of rotatable bonds is 16. The Morgan fingerprint density at radius 3 is 1.93 bits per heavy atom. The summed E-state index contributed by atoms with van der Waals surface area (Å²) in [6, 6.07) is 64.9. The molecule has 0 unspecified atom stereocenters. The fourth-order valence-electron chi connectivity index (χ4n) is 11.2. The molecule has 7 nitrogen and oxygen atoms in total. The van der Waals surface area contributed by atoms with Gasteiger partial charge in [-0.05, 0) is 113 Å².